The monoisotopic (exact) mass is 273 g/mol. The van der Waals surface area contributed by atoms with Gasteiger partial charge >= 0.3 is 5.97 Å². The largest absolute Gasteiger partial charge is 0.427 e. The first-order chi connectivity index (χ1) is 9.83. The number of hydrogen-bond acceptors (Lipinski definition) is 6. The van der Waals surface area contributed by atoms with Crippen LogP contribution in [-0.4, -0.2) is 12.2 Å². The lowest BCUT2D eigenvalue weighted by molar-refractivity contribution is -0.138. The molecule has 0 N–H and O–H groups in total. The summed E-state index contributed by atoms with van der Waals surface area (Å²) in [4.78, 5) is 16.0. The smallest absolute Gasteiger partial charge is 0.310 e. The third kappa shape index (κ3) is 7.54. The van der Waals surface area contributed by atoms with E-state index in [9.17, 15) is 4.79 Å². The molecule has 0 unspecified atom stereocenters. The molecule has 0 bridgehead atoms. The van der Waals surface area contributed by atoms with Crippen LogP contribution in [-0.2, 0) is 14.4 Å². The first-order valence-electron chi connectivity index (χ1n) is 5.99. The Hall–Kier alpha value is -2.76. The normalized spacial score (nSPS) is 15.2. The topological polar surface area (TPSA) is 72.6 Å². The van der Waals surface area contributed by atoms with Crippen LogP contribution in [0.5, 0.6) is 0 Å². The quantitative estimate of drug-likeness (QED) is 0.724. The Morgan fingerprint density at radius 3 is 2.85 bits per heavy atom. The predicted octanol–water partition coefficient (Wildman–Crippen LogP) is 3.39. The number of ether oxygens (including phenoxy) is 1. The van der Waals surface area contributed by atoms with E-state index >= 15 is 0 Å². The molecule has 0 aromatic rings. The number of carbonyl (C=O) groups is 1. The summed E-state index contributed by atoms with van der Waals surface area (Å²) in [5.41, 5.74) is 0. The lowest BCUT2D eigenvalue weighted by Gasteiger charge is -2.01. The summed E-state index contributed by atoms with van der Waals surface area (Å²) in [6.45, 7) is 1.73. The molecule has 0 fully saturated rings. The Morgan fingerprint density at radius 1 is 1.20 bits per heavy atom. The molecule has 0 radical (unpaired) electrons. The maximum absolute atomic E-state index is 11.3. The average molecular weight is 273 g/mol. The predicted molar refractivity (Wildman–Crippen MR) is 75.5 cm³/mol. The van der Waals surface area contributed by atoms with Crippen molar-refractivity contribution >= 4 is 12.2 Å². The maximum Gasteiger partial charge on any atom is 0.310 e. The maximum atomic E-state index is 11.3. The van der Waals surface area contributed by atoms with Gasteiger partial charge in [-0.1, -0.05) is 31.2 Å². The van der Waals surface area contributed by atoms with E-state index in [1.807, 2.05) is 0 Å². The van der Waals surface area contributed by atoms with Gasteiger partial charge in [-0.15, -0.1) is 5.10 Å². The van der Waals surface area contributed by atoms with Gasteiger partial charge in [-0.2, -0.15) is 0 Å². The Balaban J connectivity index is 2.85. The summed E-state index contributed by atoms with van der Waals surface area (Å²) >= 11 is 0. The zero-order valence-electron chi connectivity index (χ0n) is 11.0. The second kappa shape index (κ2) is 10.2. The zero-order valence-corrected chi connectivity index (χ0v) is 11.0. The van der Waals surface area contributed by atoms with E-state index in [1.54, 1.807) is 55.5 Å². The molecule has 1 aliphatic heterocycles. The summed E-state index contributed by atoms with van der Waals surface area (Å²) in [6, 6.07) is 0. The van der Waals surface area contributed by atoms with Gasteiger partial charge in [-0.05, 0) is 29.5 Å². The summed E-state index contributed by atoms with van der Waals surface area (Å²) in [7, 11) is 0. The molecule has 0 aromatic carbocycles. The van der Waals surface area contributed by atoms with Gasteiger partial charge in [0.1, 0.15) is 12.0 Å². The third-order valence-electron chi connectivity index (χ3n) is 1.91. The number of nitrogens with zero attached hydrogens (tertiary/aromatic N) is 3. The standard InChI is InChI=1S/C14H15N3O3/c1-2-14(18)20-13-9-6-4-3-5-7-12-19-17-16-15-11-8-10-13/h3-12H,2H2,1H3. The fourth-order valence-corrected chi connectivity index (χ4v) is 1.03. The van der Waals surface area contributed by atoms with Gasteiger partial charge in [0.15, 0.2) is 0 Å². The van der Waals surface area contributed by atoms with Crippen LogP contribution in [0.1, 0.15) is 13.3 Å². The first kappa shape index (κ1) is 15.3. The van der Waals surface area contributed by atoms with Crippen LogP contribution in [0.25, 0.3) is 0 Å². The van der Waals surface area contributed by atoms with E-state index in [4.69, 9.17) is 4.74 Å². The van der Waals surface area contributed by atoms with Gasteiger partial charge < -0.3 is 9.57 Å². The van der Waals surface area contributed by atoms with Crippen molar-refractivity contribution in [2.45, 2.75) is 13.3 Å². The van der Waals surface area contributed by atoms with Crippen molar-refractivity contribution in [3.05, 3.63) is 60.6 Å². The Morgan fingerprint density at radius 2 is 2.00 bits per heavy atom. The second-order valence-corrected chi connectivity index (χ2v) is 3.40. The highest BCUT2D eigenvalue weighted by atomic mass is 16.6. The molecule has 0 aliphatic carbocycles. The molecule has 104 valence electrons. The van der Waals surface area contributed by atoms with Crippen molar-refractivity contribution in [2.24, 2.45) is 15.6 Å². The molecular weight excluding hydrogens is 258 g/mol. The van der Waals surface area contributed by atoms with Gasteiger partial charge in [0.25, 0.3) is 0 Å². The van der Waals surface area contributed by atoms with Crippen LogP contribution in [0.3, 0.4) is 0 Å². The number of rotatable bonds is 2. The second-order valence-electron chi connectivity index (χ2n) is 3.40. The van der Waals surface area contributed by atoms with Gasteiger partial charge in [-0.25, -0.2) is 0 Å². The van der Waals surface area contributed by atoms with Crippen molar-refractivity contribution < 1.29 is 14.4 Å². The molecule has 1 rings (SSSR count). The summed E-state index contributed by atoms with van der Waals surface area (Å²) in [5, 5.41) is 10.3. The molecule has 1 aliphatic rings. The molecule has 20 heavy (non-hydrogen) atoms. The number of esters is 1. The Kier molecular flexibility index (Phi) is 7.79. The lowest BCUT2D eigenvalue weighted by atomic mass is 10.3. The molecule has 1 heterocycles. The molecular formula is C14H15N3O3. The highest BCUT2D eigenvalue weighted by molar-refractivity contribution is 5.73. The van der Waals surface area contributed by atoms with Gasteiger partial charge in [0.05, 0.1) is 11.5 Å². The molecule has 0 spiro atoms. The molecule has 0 amide bonds. The molecule has 0 atom stereocenters. The minimum Gasteiger partial charge on any atom is -0.427 e. The lowest BCUT2D eigenvalue weighted by Crippen LogP contribution is -2.00. The summed E-state index contributed by atoms with van der Waals surface area (Å²) < 4.78 is 5.13. The molecule has 6 heteroatoms. The van der Waals surface area contributed by atoms with E-state index in [0.29, 0.717) is 12.2 Å². The minimum absolute atomic E-state index is 0.305. The number of allylic oxidation sites excluding steroid dienone is 8. The average Bonchev–Trinajstić information content (AvgIpc) is 2.47. The first-order valence-corrected chi connectivity index (χ1v) is 5.99. The van der Waals surface area contributed by atoms with E-state index in [-0.39, 0.29) is 5.97 Å². The highest BCUT2D eigenvalue weighted by Crippen LogP contribution is 2.03. The molecule has 0 saturated heterocycles. The zero-order chi connectivity index (χ0) is 14.5. The SMILES string of the molecule is CCC(=O)OC1=CC=CC=CC=CON=NN=CC=C1. The van der Waals surface area contributed by atoms with Crippen LogP contribution in [0, 0.1) is 0 Å². The number of hydrogen-bond donors (Lipinski definition) is 0. The van der Waals surface area contributed by atoms with E-state index in [0.717, 1.165) is 0 Å². The van der Waals surface area contributed by atoms with Crippen LogP contribution in [0.15, 0.2) is 76.2 Å². The summed E-state index contributed by atoms with van der Waals surface area (Å²) in [6.07, 6.45) is 16.6. The van der Waals surface area contributed by atoms with Crippen molar-refractivity contribution in [1.29, 1.82) is 0 Å². The van der Waals surface area contributed by atoms with Crippen LogP contribution in [0.2, 0.25) is 0 Å². The van der Waals surface area contributed by atoms with Crippen molar-refractivity contribution in [3.8, 4) is 0 Å². The van der Waals surface area contributed by atoms with Gasteiger partial charge in [0, 0.05) is 6.42 Å². The van der Waals surface area contributed by atoms with Crippen molar-refractivity contribution in [2.75, 3.05) is 0 Å². The fraction of sp³-hybridized carbons (Fsp3) is 0.143. The fourth-order valence-electron chi connectivity index (χ4n) is 1.03. The van der Waals surface area contributed by atoms with Crippen molar-refractivity contribution in [1.82, 2.24) is 0 Å². The van der Waals surface area contributed by atoms with E-state index < -0.39 is 0 Å². The van der Waals surface area contributed by atoms with E-state index in [2.05, 4.69) is 20.4 Å². The highest BCUT2D eigenvalue weighted by Gasteiger charge is 2.00. The Bertz CT molecular complexity index is 512. The number of carbonyl (C=O) groups excluding carboxylic acids is 1. The van der Waals surface area contributed by atoms with Gasteiger partial charge in [0.2, 0.25) is 0 Å². The van der Waals surface area contributed by atoms with E-state index in [1.165, 1.54) is 12.5 Å². The molecule has 6 nitrogen and oxygen atoms in total. The van der Waals surface area contributed by atoms with Crippen LogP contribution in [0.4, 0.5) is 0 Å². The van der Waals surface area contributed by atoms with Crippen LogP contribution < -0.4 is 0 Å². The summed E-state index contributed by atoms with van der Waals surface area (Å²) in [5.74, 6) is 0.0993. The molecule has 0 aromatic heterocycles. The van der Waals surface area contributed by atoms with Crippen LogP contribution >= 0.6 is 0 Å². The third-order valence-corrected chi connectivity index (χ3v) is 1.91. The molecule has 0 saturated carbocycles. The Labute approximate surface area is 117 Å². The minimum atomic E-state index is -0.310. The van der Waals surface area contributed by atoms with Gasteiger partial charge in [-0.3, -0.25) is 4.79 Å². The van der Waals surface area contributed by atoms with Crippen molar-refractivity contribution in [3.63, 3.8) is 0 Å².